The summed E-state index contributed by atoms with van der Waals surface area (Å²) in [7, 11) is 0. The Bertz CT molecular complexity index is 1500. The molecule has 0 amide bonds. The van der Waals surface area contributed by atoms with Gasteiger partial charge in [0.2, 0.25) is 0 Å². The van der Waals surface area contributed by atoms with Crippen LogP contribution in [0.15, 0.2) is 79.0 Å². The summed E-state index contributed by atoms with van der Waals surface area (Å²) in [4.78, 5) is 16.7. The Labute approximate surface area is 211 Å². The van der Waals surface area contributed by atoms with Gasteiger partial charge in [0, 0.05) is 46.2 Å². The van der Waals surface area contributed by atoms with E-state index in [0.717, 1.165) is 22.0 Å². The summed E-state index contributed by atoms with van der Waals surface area (Å²) in [6.07, 6.45) is 2.13. The second kappa shape index (κ2) is 10.3. The Kier molecular flexibility index (Phi) is 6.79. The molecule has 0 fully saturated rings. The summed E-state index contributed by atoms with van der Waals surface area (Å²) in [6, 6.07) is 20.9. The van der Waals surface area contributed by atoms with Crippen molar-refractivity contribution in [3.05, 3.63) is 107 Å². The lowest BCUT2D eigenvalue weighted by molar-refractivity contribution is -0.139. The van der Waals surface area contributed by atoms with Crippen LogP contribution in [-0.2, 0) is 24.3 Å². The number of hydrogen-bond acceptors (Lipinski definition) is 4. The van der Waals surface area contributed by atoms with Gasteiger partial charge in [0.05, 0.1) is 6.54 Å². The average molecular weight is 504 g/mol. The van der Waals surface area contributed by atoms with Gasteiger partial charge in [-0.25, -0.2) is 4.39 Å². The first kappa shape index (κ1) is 23.7. The van der Waals surface area contributed by atoms with Crippen molar-refractivity contribution in [3.8, 4) is 11.3 Å². The van der Waals surface area contributed by atoms with Crippen molar-refractivity contribution in [2.24, 2.45) is 0 Å². The van der Waals surface area contributed by atoms with Crippen LogP contribution in [0.1, 0.15) is 16.8 Å². The Morgan fingerprint density at radius 1 is 1.06 bits per heavy atom. The second-order valence-corrected chi connectivity index (χ2v) is 8.83. The van der Waals surface area contributed by atoms with Crippen molar-refractivity contribution in [2.45, 2.75) is 25.6 Å². The average Bonchev–Trinajstić information content (AvgIpc) is 3.48. The highest BCUT2D eigenvalue weighted by Crippen LogP contribution is 2.24. The van der Waals surface area contributed by atoms with Crippen LogP contribution in [0.4, 0.5) is 4.39 Å². The van der Waals surface area contributed by atoms with Crippen LogP contribution in [0, 0.1) is 5.82 Å². The Morgan fingerprint density at radius 2 is 1.83 bits per heavy atom. The number of aromatic nitrogens is 4. The molecular formula is C27H23ClFN5O2. The van der Waals surface area contributed by atoms with E-state index in [0.29, 0.717) is 17.8 Å². The minimum Gasteiger partial charge on any atom is -0.480 e. The van der Waals surface area contributed by atoms with Gasteiger partial charge in [-0.2, -0.15) is 15.0 Å². The van der Waals surface area contributed by atoms with Crippen molar-refractivity contribution in [2.75, 3.05) is 0 Å². The molecule has 2 aromatic heterocycles. The minimum atomic E-state index is -0.966. The number of carbonyl (C=O) groups is 1. The maximum Gasteiger partial charge on any atom is 0.321 e. The highest BCUT2D eigenvalue weighted by Gasteiger charge is 2.22. The zero-order valence-corrected chi connectivity index (χ0v) is 19.9. The molecule has 0 spiro atoms. The van der Waals surface area contributed by atoms with Crippen molar-refractivity contribution in [1.29, 1.82) is 0 Å². The van der Waals surface area contributed by atoms with Crippen LogP contribution in [0.25, 0.3) is 22.2 Å². The van der Waals surface area contributed by atoms with Gasteiger partial charge in [0.15, 0.2) is 0 Å². The van der Waals surface area contributed by atoms with Crippen molar-refractivity contribution < 1.29 is 14.3 Å². The van der Waals surface area contributed by atoms with Gasteiger partial charge in [-0.05, 0) is 23.8 Å². The first-order valence-corrected chi connectivity index (χ1v) is 11.8. The van der Waals surface area contributed by atoms with E-state index in [1.165, 1.54) is 10.9 Å². The van der Waals surface area contributed by atoms with Gasteiger partial charge in [0.25, 0.3) is 0 Å². The fraction of sp³-hybridized carbons (Fsp3) is 0.148. The van der Waals surface area contributed by atoms with E-state index in [4.69, 9.17) is 11.6 Å². The Hall–Kier alpha value is -4.01. The SMILES string of the molecule is O=C(O)[C@@H](Cc1c[nH]c2ccccc12)NCc1nn(Cc2c(F)cccc2Cl)nc1-c1ccccc1. The van der Waals surface area contributed by atoms with E-state index >= 15 is 0 Å². The number of carboxylic acids is 1. The minimum absolute atomic E-state index is 0.0447. The highest BCUT2D eigenvalue weighted by molar-refractivity contribution is 6.31. The fourth-order valence-corrected chi connectivity index (χ4v) is 4.43. The van der Waals surface area contributed by atoms with Gasteiger partial charge in [-0.1, -0.05) is 66.2 Å². The van der Waals surface area contributed by atoms with E-state index in [1.54, 1.807) is 12.1 Å². The molecule has 0 saturated carbocycles. The number of carboxylic acid groups (broad SMARTS) is 1. The Balaban J connectivity index is 1.41. The number of H-pyrrole nitrogens is 1. The standard InChI is InChI=1S/C27H23ClFN5O2/c28-21-10-6-11-22(29)20(21)16-34-32-25(26(33-34)17-7-2-1-3-8-17)15-31-24(27(35)36)13-18-14-30-23-12-5-4-9-19(18)23/h1-12,14,24,30-31H,13,15-16H2,(H,35,36)/t24-/m1/s1. The molecule has 9 heteroatoms. The number of fused-ring (bicyclic) bond motifs is 1. The smallest absolute Gasteiger partial charge is 0.321 e. The van der Waals surface area contributed by atoms with Crippen LogP contribution >= 0.6 is 11.6 Å². The summed E-state index contributed by atoms with van der Waals surface area (Å²) in [5.74, 6) is -1.41. The second-order valence-electron chi connectivity index (χ2n) is 8.43. The quantitative estimate of drug-likeness (QED) is 0.261. The molecular weight excluding hydrogens is 481 g/mol. The zero-order chi connectivity index (χ0) is 25.1. The topological polar surface area (TPSA) is 95.8 Å². The molecule has 3 N–H and O–H groups in total. The third kappa shape index (κ3) is 5.00. The van der Waals surface area contributed by atoms with Crippen molar-refractivity contribution >= 4 is 28.5 Å². The number of nitrogens with one attached hydrogen (secondary N) is 2. The summed E-state index contributed by atoms with van der Waals surface area (Å²) in [5.41, 5.74) is 4.12. The van der Waals surface area contributed by atoms with Gasteiger partial charge < -0.3 is 10.1 Å². The van der Waals surface area contributed by atoms with E-state index < -0.39 is 17.8 Å². The van der Waals surface area contributed by atoms with E-state index in [2.05, 4.69) is 20.5 Å². The lowest BCUT2D eigenvalue weighted by atomic mass is 10.0. The van der Waals surface area contributed by atoms with Gasteiger partial charge in [-0.3, -0.25) is 10.1 Å². The molecule has 3 aromatic carbocycles. The monoisotopic (exact) mass is 503 g/mol. The lowest BCUT2D eigenvalue weighted by Gasteiger charge is -2.13. The molecule has 5 aromatic rings. The van der Waals surface area contributed by atoms with Crippen LogP contribution in [-0.4, -0.2) is 37.1 Å². The maximum atomic E-state index is 14.4. The molecule has 0 bridgehead atoms. The predicted molar refractivity (Wildman–Crippen MR) is 136 cm³/mol. The summed E-state index contributed by atoms with van der Waals surface area (Å²) in [6.45, 7) is 0.206. The number of halogens is 2. The molecule has 36 heavy (non-hydrogen) atoms. The lowest BCUT2D eigenvalue weighted by Crippen LogP contribution is -2.38. The molecule has 0 unspecified atom stereocenters. The first-order chi connectivity index (χ1) is 17.5. The molecule has 182 valence electrons. The van der Waals surface area contributed by atoms with Gasteiger partial charge in [0.1, 0.15) is 23.2 Å². The van der Waals surface area contributed by atoms with Crippen LogP contribution in [0.2, 0.25) is 5.02 Å². The summed E-state index contributed by atoms with van der Waals surface area (Å²) in [5, 5.41) is 23.4. The highest BCUT2D eigenvalue weighted by atomic mass is 35.5. The molecule has 1 atom stereocenters. The predicted octanol–water partition coefficient (Wildman–Crippen LogP) is 5.05. The fourth-order valence-electron chi connectivity index (χ4n) is 4.20. The zero-order valence-electron chi connectivity index (χ0n) is 19.2. The van der Waals surface area contributed by atoms with Gasteiger partial charge in [-0.15, -0.1) is 0 Å². The Morgan fingerprint density at radius 3 is 2.61 bits per heavy atom. The van der Waals surface area contributed by atoms with Crippen LogP contribution in [0.5, 0.6) is 0 Å². The van der Waals surface area contributed by atoms with Gasteiger partial charge >= 0.3 is 5.97 Å². The van der Waals surface area contributed by atoms with Crippen molar-refractivity contribution in [3.63, 3.8) is 0 Å². The first-order valence-electron chi connectivity index (χ1n) is 11.4. The number of rotatable bonds is 9. The third-order valence-electron chi connectivity index (χ3n) is 6.05. The molecule has 0 aliphatic rings. The van der Waals surface area contributed by atoms with Crippen molar-refractivity contribution in [1.82, 2.24) is 25.3 Å². The number of nitrogens with zero attached hydrogens (tertiary/aromatic N) is 3. The molecule has 0 aliphatic carbocycles. The largest absolute Gasteiger partial charge is 0.480 e. The molecule has 2 heterocycles. The molecule has 0 radical (unpaired) electrons. The number of aromatic amines is 1. The molecule has 0 aliphatic heterocycles. The van der Waals surface area contributed by atoms with E-state index in [9.17, 15) is 14.3 Å². The van der Waals surface area contributed by atoms with E-state index in [1.807, 2.05) is 60.8 Å². The third-order valence-corrected chi connectivity index (χ3v) is 6.40. The van der Waals surface area contributed by atoms with Crippen LogP contribution in [0.3, 0.4) is 0 Å². The van der Waals surface area contributed by atoms with E-state index in [-0.39, 0.29) is 23.7 Å². The molecule has 5 rings (SSSR count). The van der Waals surface area contributed by atoms with Crippen LogP contribution < -0.4 is 5.32 Å². The number of aliphatic carboxylic acids is 1. The molecule has 7 nitrogen and oxygen atoms in total. The summed E-state index contributed by atoms with van der Waals surface area (Å²) < 4.78 is 14.4. The summed E-state index contributed by atoms with van der Waals surface area (Å²) >= 11 is 6.20. The number of benzene rings is 3. The molecule has 0 saturated heterocycles. The normalized spacial score (nSPS) is 12.2. The number of para-hydroxylation sites is 1. The maximum absolute atomic E-state index is 14.4. The number of hydrogen-bond donors (Lipinski definition) is 3.